The molecule has 21 heavy (non-hydrogen) atoms. The molecule has 0 saturated carbocycles. The Labute approximate surface area is 134 Å². The molecule has 0 unspecified atom stereocenters. The molecule has 0 saturated heterocycles. The summed E-state index contributed by atoms with van der Waals surface area (Å²) < 4.78 is 0. The zero-order valence-electron chi connectivity index (χ0n) is 12.0. The van der Waals surface area contributed by atoms with E-state index in [4.69, 9.17) is 0 Å². The van der Waals surface area contributed by atoms with E-state index in [1.807, 2.05) is 22.7 Å². The number of carbonyl (C=O) groups is 1. The zero-order valence-corrected chi connectivity index (χ0v) is 13.6. The standard InChI is InChI=1S/C17H19NOS2/c19-17(10-3-6-14-7-4-12-20-14)18-11-5-13-21-16-9-2-1-8-15(16)18/h1-2,4,7-9,12H,3,5-6,10-11,13H2. The van der Waals surface area contributed by atoms with Crippen LogP contribution in [0.4, 0.5) is 5.69 Å². The van der Waals surface area contributed by atoms with Gasteiger partial charge in [0.1, 0.15) is 0 Å². The third-order valence-electron chi connectivity index (χ3n) is 3.63. The van der Waals surface area contributed by atoms with Gasteiger partial charge in [0.05, 0.1) is 5.69 Å². The smallest absolute Gasteiger partial charge is 0.227 e. The Morgan fingerprint density at radius 1 is 1.19 bits per heavy atom. The fourth-order valence-electron chi connectivity index (χ4n) is 2.59. The van der Waals surface area contributed by atoms with Crippen molar-refractivity contribution in [3.05, 3.63) is 46.7 Å². The largest absolute Gasteiger partial charge is 0.311 e. The Bertz CT molecular complexity index is 595. The van der Waals surface area contributed by atoms with Crippen molar-refractivity contribution in [2.24, 2.45) is 0 Å². The Morgan fingerprint density at radius 3 is 2.95 bits per heavy atom. The lowest BCUT2D eigenvalue weighted by atomic mass is 10.2. The number of benzene rings is 1. The van der Waals surface area contributed by atoms with E-state index in [2.05, 4.69) is 35.7 Å². The summed E-state index contributed by atoms with van der Waals surface area (Å²) in [4.78, 5) is 17.2. The van der Waals surface area contributed by atoms with Gasteiger partial charge >= 0.3 is 0 Å². The zero-order chi connectivity index (χ0) is 14.5. The maximum Gasteiger partial charge on any atom is 0.227 e. The lowest BCUT2D eigenvalue weighted by molar-refractivity contribution is -0.118. The van der Waals surface area contributed by atoms with Crippen LogP contribution in [0.3, 0.4) is 0 Å². The van der Waals surface area contributed by atoms with Crippen LogP contribution in [-0.2, 0) is 11.2 Å². The number of para-hydroxylation sites is 1. The van der Waals surface area contributed by atoms with E-state index in [9.17, 15) is 4.79 Å². The molecule has 1 aliphatic heterocycles. The number of fused-ring (bicyclic) bond motifs is 1. The van der Waals surface area contributed by atoms with Gasteiger partial charge in [-0.3, -0.25) is 4.79 Å². The van der Waals surface area contributed by atoms with E-state index in [0.717, 1.165) is 37.2 Å². The number of amides is 1. The fraction of sp³-hybridized carbons (Fsp3) is 0.353. The number of thioether (sulfide) groups is 1. The quantitative estimate of drug-likeness (QED) is 0.821. The van der Waals surface area contributed by atoms with Crippen LogP contribution in [0.15, 0.2) is 46.7 Å². The molecule has 0 bridgehead atoms. The summed E-state index contributed by atoms with van der Waals surface area (Å²) in [5.41, 5.74) is 1.10. The Balaban J connectivity index is 1.63. The molecular weight excluding hydrogens is 298 g/mol. The molecular formula is C17H19NOS2. The third-order valence-corrected chi connectivity index (χ3v) is 5.72. The van der Waals surface area contributed by atoms with Crippen LogP contribution in [0.1, 0.15) is 24.1 Å². The summed E-state index contributed by atoms with van der Waals surface area (Å²) in [7, 11) is 0. The first-order valence-electron chi connectivity index (χ1n) is 7.39. The van der Waals surface area contributed by atoms with Gasteiger partial charge < -0.3 is 4.90 Å². The number of thiophene rings is 1. The van der Waals surface area contributed by atoms with Crippen molar-refractivity contribution in [3.63, 3.8) is 0 Å². The van der Waals surface area contributed by atoms with E-state index in [0.29, 0.717) is 6.42 Å². The average Bonchev–Trinajstić information content (AvgIpc) is 2.92. The van der Waals surface area contributed by atoms with Crippen LogP contribution in [0.5, 0.6) is 0 Å². The molecule has 1 amide bonds. The lowest BCUT2D eigenvalue weighted by Gasteiger charge is -2.22. The topological polar surface area (TPSA) is 20.3 Å². The number of anilines is 1. The van der Waals surface area contributed by atoms with Gasteiger partial charge in [-0.2, -0.15) is 0 Å². The van der Waals surface area contributed by atoms with E-state index in [1.165, 1.54) is 9.77 Å². The second-order valence-corrected chi connectivity index (χ2v) is 7.32. The summed E-state index contributed by atoms with van der Waals surface area (Å²) in [5, 5.41) is 2.10. The molecule has 110 valence electrons. The highest BCUT2D eigenvalue weighted by Crippen LogP contribution is 2.33. The van der Waals surface area contributed by atoms with Gasteiger partial charge in [0.25, 0.3) is 0 Å². The van der Waals surface area contributed by atoms with Crippen LogP contribution < -0.4 is 4.90 Å². The monoisotopic (exact) mass is 317 g/mol. The average molecular weight is 317 g/mol. The minimum Gasteiger partial charge on any atom is -0.311 e. The van der Waals surface area contributed by atoms with Crippen LogP contribution in [0.2, 0.25) is 0 Å². The van der Waals surface area contributed by atoms with Crippen LogP contribution in [-0.4, -0.2) is 18.2 Å². The highest BCUT2D eigenvalue weighted by Gasteiger charge is 2.20. The molecule has 2 nitrogen and oxygen atoms in total. The highest BCUT2D eigenvalue weighted by molar-refractivity contribution is 7.99. The maximum absolute atomic E-state index is 12.6. The molecule has 2 aromatic rings. The van der Waals surface area contributed by atoms with Gasteiger partial charge in [-0.05, 0) is 48.6 Å². The second-order valence-electron chi connectivity index (χ2n) is 5.15. The first kappa shape index (κ1) is 14.7. The summed E-state index contributed by atoms with van der Waals surface area (Å²) >= 11 is 3.63. The summed E-state index contributed by atoms with van der Waals surface area (Å²) in [6, 6.07) is 12.5. The van der Waals surface area contributed by atoms with Crippen LogP contribution >= 0.6 is 23.1 Å². The van der Waals surface area contributed by atoms with Crippen molar-refractivity contribution >= 4 is 34.7 Å². The van der Waals surface area contributed by atoms with E-state index in [1.54, 1.807) is 11.3 Å². The van der Waals surface area contributed by atoms with Crippen molar-refractivity contribution in [2.45, 2.75) is 30.6 Å². The van der Waals surface area contributed by atoms with Gasteiger partial charge in [-0.1, -0.05) is 18.2 Å². The molecule has 0 radical (unpaired) electrons. The predicted molar refractivity (Wildman–Crippen MR) is 91.4 cm³/mol. The molecule has 3 rings (SSSR count). The van der Waals surface area contributed by atoms with E-state index in [-0.39, 0.29) is 5.91 Å². The Morgan fingerprint density at radius 2 is 2.10 bits per heavy atom. The first-order chi connectivity index (χ1) is 10.3. The Hall–Kier alpha value is -1.26. The van der Waals surface area contributed by atoms with Crippen molar-refractivity contribution < 1.29 is 4.79 Å². The van der Waals surface area contributed by atoms with E-state index >= 15 is 0 Å². The SMILES string of the molecule is O=C(CCCc1cccs1)N1CCCSc2ccccc21. The van der Waals surface area contributed by atoms with Crippen molar-refractivity contribution in [3.8, 4) is 0 Å². The highest BCUT2D eigenvalue weighted by atomic mass is 32.2. The molecule has 0 aliphatic carbocycles. The molecule has 0 spiro atoms. The number of aryl methyl sites for hydroxylation is 1. The number of rotatable bonds is 4. The summed E-state index contributed by atoms with van der Waals surface area (Å²) in [6.07, 6.45) is 3.64. The molecule has 1 aliphatic rings. The molecule has 1 aromatic carbocycles. The molecule has 1 aromatic heterocycles. The molecule has 2 heterocycles. The second kappa shape index (κ2) is 7.14. The van der Waals surface area contributed by atoms with Gasteiger partial charge in [0.15, 0.2) is 0 Å². The maximum atomic E-state index is 12.6. The normalized spacial score (nSPS) is 14.6. The number of hydrogen-bond donors (Lipinski definition) is 0. The Kier molecular flexibility index (Phi) is 4.99. The van der Waals surface area contributed by atoms with Gasteiger partial charge in [-0.25, -0.2) is 0 Å². The minimum atomic E-state index is 0.265. The van der Waals surface area contributed by atoms with Crippen LogP contribution in [0.25, 0.3) is 0 Å². The summed E-state index contributed by atoms with van der Waals surface area (Å²) in [6.45, 7) is 0.849. The molecule has 0 fully saturated rings. The summed E-state index contributed by atoms with van der Waals surface area (Å²) in [5.74, 6) is 1.36. The van der Waals surface area contributed by atoms with Crippen molar-refractivity contribution in [1.29, 1.82) is 0 Å². The fourth-order valence-corrected chi connectivity index (χ4v) is 4.34. The van der Waals surface area contributed by atoms with E-state index < -0.39 is 0 Å². The molecule has 0 N–H and O–H groups in total. The predicted octanol–water partition coefficient (Wildman–Crippen LogP) is 4.60. The third kappa shape index (κ3) is 3.69. The molecule has 0 atom stereocenters. The number of nitrogens with zero attached hydrogens (tertiary/aromatic N) is 1. The van der Waals surface area contributed by atoms with Crippen LogP contribution in [0, 0.1) is 0 Å². The first-order valence-corrected chi connectivity index (χ1v) is 9.26. The minimum absolute atomic E-state index is 0.265. The van der Waals surface area contributed by atoms with Crippen molar-refractivity contribution in [2.75, 3.05) is 17.2 Å². The number of hydrogen-bond acceptors (Lipinski definition) is 3. The van der Waals surface area contributed by atoms with Crippen molar-refractivity contribution in [1.82, 2.24) is 0 Å². The lowest BCUT2D eigenvalue weighted by Crippen LogP contribution is -2.31. The molecule has 4 heteroatoms. The number of carbonyl (C=O) groups excluding carboxylic acids is 1. The van der Waals surface area contributed by atoms with Gasteiger partial charge in [-0.15, -0.1) is 23.1 Å². The van der Waals surface area contributed by atoms with Gasteiger partial charge in [0, 0.05) is 22.7 Å². The van der Waals surface area contributed by atoms with Gasteiger partial charge in [0.2, 0.25) is 5.91 Å².